The average Bonchev–Trinajstić information content (AvgIpc) is 2.28. The van der Waals surface area contributed by atoms with Crippen LogP contribution in [0.5, 0.6) is 0 Å². The minimum atomic E-state index is -0.768. The van der Waals surface area contributed by atoms with E-state index >= 15 is 0 Å². The van der Waals surface area contributed by atoms with Crippen LogP contribution in [-0.2, 0) is 11.3 Å². The summed E-state index contributed by atoms with van der Waals surface area (Å²) in [5.74, 6) is 5.37. The fraction of sp³-hybridized carbons (Fsp3) is 0.500. The Morgan fingerprint density at radius 3 is 2.76 bits per heavy atom. The fourth-order valence-electron chi connectivity index (χ4n) is 1.40. The van der Waals surface area contributed by atoms with E-state index in [0.717, 1.165) is 0 Å². The van der Waals surface area contributed by atoms with Gasteiger partial charge in [0.05, 0.1) is 8.99 Å². The normalized spacial score (nSPS) is 11.4. The second-order valence-electron chi connectivity index (χ2n) is 4.40. The van der Waals surface area contributed by atoms with E-state index in [0.29, 0.717) is 9.39 Å². The molecule has 0 saturated carbocycles. The van der Waals surface area contributed by atoms with E-state index in [4.69, 9.17) is 5.84 Å². The van der Waals surface area contributed by atoms with Gasteiger partial charge in [-0.05, 0) is 43.4 Å². The molecule has 0 bridgehead atoms. The van der Waals surface area contributed by atoms with Crippen molar-refractivity contribution >= 4 is 28.5 Å². The molecule has 17 heavy (non-hydrogen) atoms. The van der Waals surface area contributed by atoms with Crippen LogP contribution in [0.3, 0.4) is 0 Å². The number of hydrogen-bond donors (Lipinski definition) is 2. The van der Waals surface area contributed by atoms with E-state index in [1.54, 1.807) is 20.8 Å². The number of halogens is 1. The second-order valence-corrected chi connectivity index (χ2v) is 5.56. The molecule has 6 nitrogen and oxygen atoms in total. The van der Waals surface area contributed by atoms with Crippen LogP contribution in [0, 0.1) is 15.9 Å². The highest BCUT2D eigenvalue weighted by atomic mass is 127. The van der Waals surface area contributed by atoms with Gasteiger partial charge in [-0.3, -0.25) is 19.6 Å². The highest BCUT2D eigenvalue weighted by Crippen LogP contribution is 2.17. The van der Waals surface area contributed by atoms with Gasteiger partial charge in [0.1, 0.15) is 5.82 Å². The molecule has 7 heteroatoms. The number of hydrogen-bond acceptors (Lipinski definition) is 4. The number of hydrazine groups is 1. The van der Waals surface area contributed by atoms with Crippen LogP contribution in [0.15, 0.2) is 11.0 Å². The third-order valence-corrected chi connectivity index (χ3v) is 3.24. The maximum Gasteiger partial charge on any atom is 0.266 e. The first-order valence-corrected chi connectivity index (χ1v) is 6.10. The number of carbonyl (C=O) groups is 1. The van der Waals surface area contributed by atoms with Gasteiger partial charge in [0.2, 0.25) is 5.91 Å². The van der Waals surface area contributed by atoms with Crippen LogP contribution < -0.4 is 16.8 Å². The monoisotopic (exact) mass is 350 g/mol. The van der Waals surface area contributed by atoms with E-state index in [9.17, 15) is 9.59 Å². The predicted octanol–water partition coefficient (Wildman–Crippen LogP) is 0.172. The van der Waals surface area contributed by atoms with E-state index in [1.807, 2.05) is 22.6 Å². The van der Waals surface area contributed by atoms with Gasteiger partial charge in [0, 0.05) is 12.7 Å². The Morgan fingerprint density at radius 2 is 2.24 bits per heavy atom. The molecule has 3 N–H and O–H groups in total. The maximum atomic E-state index is 11.9. The summed E-state index contributed by atoms with van der Waals surface area (Å²) in [5.41, 5.74) is 1.19. The minimum absolute atomic E-state index is 0.143. The van der Waals surface area contributed by atoms with Gasteiger partial charge in [-0.15, -0.1) is 0 Å². The number of nitrogens with zero attached hydrogens (tertiary/aromatic N) is 2. The summed E-state index contributed by atoms with van der Waals surface area (Å²) < 4.78 is 2.01. The Hall–Kier alpha value is -0.960. The molecule has 0 aliphatic rings. The van der Waals surface area contributed by atoms with Crippen LogP contribution in [0.1, 0.15) is 19.7 Å². The second kappa shape index (κ2) is 5.13. The zero-order valence-corrected chi connectivity index (χ0v) is 12.1. The molecule has 1 aromatic rings. The first kappa shape index (κ1) is 14.1. The van der Waals surface area contributed by atoms with Crippen LogP contribution in [-0.4, -0.2) is 15.5 Å². The van der Waals surface area contributed by atoms with Crippen LogP contribution >= 0.6 is 22.6 Å². The summed E-state index contributed by atoms with van der Waals surface area (Å²) >= 11 is 1.92. The molecule has 0 aromatic carbocycles. The summed E-state index contributed by atoms with van der Waals surface area (Å²) in [5, 5.41) is 0. The number of nitrogens with two attached hydrogens (primary N) is 1. The van der Waals surface area contributed by atoms with Crippen molar-refractivity contribution in [1.29, 1.82) is 0 Å². The van der Waals surface area contributed by atoms with Crippen molar-refractivity contribution < 1.29 is 4.79 Å². The summed E-state index contributed by atoms with van der Waals surface area (Å²) in [7, 11) is 0. The largest absolute Gasteiger partial charge is 0.295 e. The molecule has 1 rings (SSSR count). The number of nitrogens with one attached hydrogen (secondary N) is 1. The Kier molecular flexibility index (Phi) is 4.26. The number of amides is 1. The van der Waals surface area contributed by atoms with Crippen molar-refractivity contribution in [1.82, 2.24) is 15.0 Å². The predicted molar refractivity (Wildman–Crippen MR) is 72.1 cm³/mol. The van der Waals surface area contributed by atoms with Crippen LogP contribution in [0.4, 0.5) is 0 Å². The molecule has 0 spiro atoms. The minimum Gasteiger partial charge on any atom is -0.295 e. The first-order valence-electron chi connectivity index (χ1n) is 5.02. The molecular formula is C10H15IN4O2. The number of rotatable bonds is 3. The van der Waals surface area contributed by atoms with Gasteiger partial charge in [0.15, 0.2) is 0 Å². The van der Waals surface area contributed by atoms with Crippen LogP contribution in [0.2, 0.25) is 0 Å². The lowest BCUT2D eigenvalue weighted by atomic mass is 9.92. The van der Waals surface area contributed by atoms with Gasteiger partial charge >= 0.3 is 0 Å². The average molecular weight is 350 g/mol. The number of carbonyl (C=O) groups excluding carboxylic acids is 1. The van der Waals surface area contributed by atoms with E-state index < -0.39 is 5.41 Å². The van der Waals surface area contributed by atoms with Crippen molar-refractivity contribution in [2.45, 2.75) is 27.3 Å². The smallest absolute Gasteiger partial charge is 0.266 e. The highest BCUT2D eigenvalue weighted by Gasteiger charge is 2.28. The van der Waals surface area contributed by atoms with Gasteiger partial charge in [-0.2, -0.15) is 0 Å². The number of aryl methyl sites for hydroxylation is 1. The number of aromatic nitrogens is 2. The molecule has 0 radical (unpaired) electrons. The molecule has 0 aliphatic carbocycles. The van der Waals surface area contributed by atoms with Gasteiger partial charge in [-0.25, -0.2) is 10.8 Å². The first-order chi connectivity index (χ1) is 7.79. The molecule has 0 unspecified atom stereocenters. The van der Waals surface area contributed by atoms with Crippen molar-refractivity contribution in [3.63, 3.8) is 0 Å². The molecule has 1 amide bonds. The van der Waals surface area contributed by atoms with Gasteiger partial charge in [0.25, 0.3) is 5.56 Å². The zero-order chi connectivity index (χ0) is 13.2. The molecule has 1 aromatic heterocycles. The van der Waals surface area contributed by atoms with Gasteiger partial charge in [-0.1, -0.05) is 0 Å². The van der Waals surface area contributed by atoms with E-state index in [1.165, 1.54) is 10.8 Å². The lowest BCUT2D eigenvalue weighted by Crippen LogP contribution is -2.45. The third kappa shape index (κ3) is 3.03. The Bertz CT molecular complexity index is 496. The molecule has 0 saturated heterocycles. The molecular weight excluding hydrogens is 335 g/mol. The highest BCUT2D eigenvalue weighted by molar-refractivity contribution is 14.1. The molecule has 94 valence electrons. The Labute approximate surface area is 113 Å². The Morgan fingerprint density at radius 1 is 1.65 bits per heavy atom. The van der Waals surface area contributed by atoms with Crippen molar-refractivity contribution in [3.8, 4) is 0 Å². The quantitative estimate of drug-likeness (QED) is 0.352. The summed E-state index contributed by atoms with van der Waals surface area (Å²) in [6.07, 6.45) is 1.52. The summed E-state index contributed by atoms with van der Waals surface area (Å²) in [6.45, 7) is 5.42. The summed E-state index contributed by atoms with van der Waals surface area (Å²) in [6, 6.07) is 0. The van der Waals surface area contributed by atoms with E-state index in [2.05, 4.69) is 10.4 Å². The van der Waals surface area contributed by atoms with Crippen molar-refractivity contribution in [2.24, 2.45) is 11.3 Å². The third-order valence-electron chi connectivity index (χ3n) is 2.50. The lowest BCUT2D eigenvalue weighted by Gasteiger charge is -2.24. The standard InChI is InChI=1S/C10H15IN4O2/c1-6-13-4-7(11)8(16)15(6)5-10(2,3)9(17)14-12/h4H,5,12H2,1-3H3,(H,14,17). The van der Waals surface area contributed by atoms with Gasteiger partial charge < -0.3 is 0 Å². The Balaban J connectivity index is 3.16. The molecule has 0 atom stereocenters. The molecule has 0 fully saturated rings. The topological polar surface area (TPSA) is 90.0 Å². The van der Waals surface area contributed by atoms with Crippen molar-refractivity contribution in [2.75, 3.05) is 0 Å². The fourth-order valence-corrected chi connectivity index (χ4v) is 1.83. The van der Waals surface area contributed by atoms with Crippen molar-refractivity contribution in [3.05, 3.63) is 25.9 Å². The van der Waals surface area contributed by atoms with Crippen LogP contribution in [0.25, 0.3) is 0 Å². The molecule has 0 aliphatic heterocycles. The summed E-state index contributed by atoms with van der Waals surface area (Å²) in [4.78, 5) is 27.6. The maximum absolute atomic E-state index is 11.9. The zero-order valence-electron chi connectivity index (χ0n) is 9.95. The lowest BCUT2D eigenvalue weighted by molar-refractivity contribution is -0.130. The SMILES string of the molecule is Cc1ncc(I)c(=O)n1CC(C)(C)C(=O)NN. The van der Waals surface area contributed by atoms with E-state index in [-0.39, 0.29) is 18.0 Å². The molecule has 1 heterocycles.